The molecule has 0 aliphatic carbocycles. The van der Waals surface area contributed by atoms with Gasteiger partial charge in [-0.1, -0.05) is 30.3 Å². The summed E-state index contributed by atoms with van der Waals surface area (Å²) in [6, 6.07) is 15.8. The number of nitrogens with one attached hydrogen (secondary N) is 1. The largest absolute Gasteiger partial charge is 0.497 e. The number of carbonyl (C=O) groups excluding carboxylic acids is 1. The van der Waals surface area contributed by atoms with Crippen molar-refractivity contribution in [3.63, 3.8) is 0 Å². The van der Waals surface area contributed by atoms with Crippen LogP contribution in [0.1, 0.15) is 30.4 Å². The van der Waals surface area contributed by atoms with E-state index >= 15 is 0 Å². The van der Waals surface area contributed by atoms with E-state index in [9.17, 15) is 9.90 Å². The summed E-state index contributed by atoms with van der Waals surface area (Å²) < 4.78 is 10.6. The van der Waals surface area contributed by atoms with Crippen LogP contribution in [0.4, 0.5) is 0 Å². The van der Waals surface area contributed by atoms with Gasteiger partial charge < -0.3 is 19.5 Å². The van der Waals surface area contributed by atoms with Gasteiger partial charge in [-0.3, -0.25) is 10.1 Å². The Morgan fingerprint density at radius 2 is 1.70 bits per heavy atom. The van der Waals surface area contributed by atoms with Crippen molar-refractivity contribution in [1.82, 2.24) is 10.2 Å². The molecule has 0 unspecified atom stereocenters. The van der Waals surface area contributed by atoms with Crippen LogP contribution in [0.3, 0.4) is 0 Å². The molecule has 3 rings (SSSR count). The minimum atomic E-state index is -0.549. The molecule has 30 heavy (non-hydrogen) atoms. The van der Waals surface area contributed by atoms with Crippen LogP contribution in [-0.2, 0) is 17.8 Å². The van der Waals surface area contributed by atoms with E-state index in [1.165, 1.54) is 0 Å². The second kappa shape index (κ2) is 11.0. The predicted molar refractivity (Wildman–Crippen MR) is 116 cm³/mol. The fourth-order valence-corrected chi connectivity index (χ4v) is 3.87. The molecular formula is C24H32N2O4. The molecular weight excluding hydrogens is 380 g/mol. The van der Waals surface area contributed by atoms with Gasteiger partial charge in [-0.05, 0) is 42.5 Å². The van der Waals surface area contributed by atoms with Gasteiger partial charge in [-0.15, -0.1) is 0 Å². The number of rotatable bonds is 9. The Labute approximate surface area is 178 Å². The molecule has 1 aliphatic rings. The van der Waals surface area contributed by atoms with Crippen molar-refractivity contribution < 1.29 is 19.4 Å². The van der Waals surface area contributed by atoms with Crippen molar-refractivity contribution in [2.24, 2.45) is 5.92 Å². The molecule has 1 fully saturated rings. The van der Waals surface area contributed by atoms with Gasteiger partial charge >= 0.3 is 0 Å². The number of piperidine rings is 1. The van der Waals surface area contributed by atoms with Gasteiger partial charge in [-0.25, -0.2) is 0 Å². The van der Waals surface area contributed by atoms with Crippen LogP contribution in [-0.4, -0.2) is 49.5 Å². The molecule has 0 spiro atoms. The number of aliphatic hydroxyl groups is 1. The first-order chi connectivity index (χ1) is 14.6. The van der Waals surface area contributed by atoms with Crippen molar-refractivity contribution in [3.05, 3.63) is 59.7 Å². The summed E-state index contributed by atoms with van der Waals surface area (Å²) in [5.74, 6) is 1.78. The van der Waals surface area contributed by atoms with Gasteiger partial charge in [0.1, 0.15) is 17.7 Å². The van der Waals surface area contributed by atoms with Crippen molar-refractivity contribution in [1.29, 1.82) is 0 Å². The zero-order chi connectivity index (χ0) is 21.3. The molecule has 1 atom stereocenters. The van der Waals surface area contributed by atoms with Crippen LogP contribution in [0.15, 0.2) is 48.5 Å². The van der Waals surface area contributed by atoms with Gasteiger partial charge in [0.15, 0.2) is 0 Å². The molecule has 2 aromatic rings. The molecule has 1 saturated heterocycles. The molecule has 0 radical (unpaired) electrons. The number of benzene rings is 2. The zero-order valence-corrected chi connectivity index (χ0v) is 17.8. The number of hydrogen-bond acceptors (Lipinski definition) is 5. The molecule has 0 bridgehead atoms. The average Bonchev–Trinajstić information content (AvgIpc) is 2.81. The number of carbonyl (C=O) groups is 1. The number of aliphatic hydroxyl groups excluding tert-OH is 1. The topological polar surface area (TPSA) is 71.0 Å². The summed E-state index contributed by atoms with van der Waals surface area (Å²) in [7, 11) is 3.24. The summed E-state index contributed by atoms with van der Waals surface area (Å²) in [5, 5.41) is 13.7. The fourth-order valence-electron chi connectivity index (χ4n) is 3.87. The smallest absolute Gasteiger partial charge is 0.222 e. The first-order valence-corrected chi connectivity index (χ1v) is 10.5. The number of methoxy groups -OCH3 is 2. The third-order valence-corrected chi connectivity index (χ3v) is 5.74. The zero-order valence-electron chi connectivity index (χ0n) is 17.8. The molecule has 1 aliphatic heterocycles. The Balaban J connectivity index is 1.42. The van der Waals surface area contributed by atoms with Crippen LogP contribution in [0, 0.1) is 5.92 Å². The van der Waals surface area contributed by atoms with Crippen LogP contribution < -0.4 is 14.8 Å². The van der Waals surface area contributed by atoms with Gasteiger partial charge in [0, 0.05) is 38.0 Å². The lowest BCUT2D eigenvalue weighted by atomic mass is 9.94. The number of nitrogens with zero attached hydrogens (tertiary/aromatic N) is 1. The van der Waals surface area contributed by atoms with E-state index in [0.717, 1.165) is 35.5 Å². The molecule has 6 heteroatoms. The molecule has 2 N–H and O–H groups in total. The summed E-state index contributed by atoms with van der Waals surface area (Å²) in [6.45, 7) is 2.02. The van der Waals surface area contributed by atoms with Crippen molar-refractivity contribution in [2.75, 3.05) is 27.3 Å². The Morgan fingerprint density at radius 3 is 2.30 bits per heavy atom. The second-order valence-corrected chi connectivity index (χ2v) is 7.75. The maximum Gasteiger partial charge on any atom is 0.222 e. The lowest BCUT2D eigenvalue weighted by Crippen LogP contribution is -2.45. The molecule has 162 valence electrons. The van der Waals surface area contributed by atoms with E-state index in [-0.39, 0.29) is 11.8 Å². The monoisotopic (exact) mass is 412 g/mol. The lowest BCUT2D eigenvalue weighted by molar-refractivity contribution is -0.133. The minimum absolute atomic E-state index is 0.155. The number of ether oxygens (including phenoxy) is 2. The SMILES string of the molecule is COc1cc(CCC(=O)N2CCC([C@@H](O)NCc3ccccc3)CC2)cc(OC)c1. The van der Waals surface area contributed by atoms with Crippen molar-refractivity contribution >= 4 is 5.91 Å². The number of aryl methyl sites for hydroxylation is 1. The van der Waals surface area contributed by atoms with E-state index < -0.39 is 6.23 Å². The number of amides is 1. The van der Waals surface area contributed by atoms with E-state index in [1.54, 1.807) is 14.2 Å². The van der Waals surface area contributed by atoms with Crippen LogP contribution in [0.25, 0.3) is 0 Å². The lowest BCUT2D eigenvalue weighted by Gasteiger charge is -2.34. The fraction of sp³-hybridized carbons (Fsp3) is 0.458. The first-order valence-electron chi connectivity index (χ1n) is 10.5. The summed E-state index contributed by atoms with van der Waals surface area (Å²) in [5.41, 5.74) is 2.17. The van der Waals surface area contributed by atoms with Gasteiger partial charge in [0.2, 0.25) is 5.91 Å². The second-order valence-electron chi connectivity index (χ2n) is 7.75. The minimum Gasteiger partial charge on any atom is -0.497 e. The van der Waals surface area contributed by atoms with Crippen molar-refractivity contribution in [2.45, 2.75) is 38.5 Å². The predicted octanol–water partition coefficient (Wildman–Crippen LogP) is 2.98. The number of likely N-dealkylation sites (tertiary alicyclic amines) is 1. The Kier molecular flexibility index (Phi) is 8.11. The quantitative estimate of drug-likeness (QED) is 0.620. The maximum absolute atomic E-state index is 12.7. The highest BCUT2D eigenvalue weighted by atomic mass is 16.5. The van der Waals surface area contributed by atoms with Crippen LogP contribution in [0.2, 0.25) is 0 Å². The van der Waals surface area contributed by atoms with E-state index in [2.05, 4.69) is 5.32 Å². The van der Waals surface area contributed by atoms with Crippen LogP contribution >= 0.6 is 0 Å². The highest BCUT2D eigenvalue weighted by Gasteiger charge is 2.27. The third kappa shape index (κ3) is 6.21. The Morgan fingerprint density at radius 1 is 1.07 bits per heavy atom. The Bertz CT molecular complexity index is 782. The molecule has 6 nitrogen and oxygen atoms in total. The Hall–Kier alpha value is -2.57. The van der Waals surface area contributed by atoms with E-state index in [1.807, 2.05) is 53.4 Å². The molecule has 0 aromatic heterocycles. The van der Waals surface area contributed by atoms with Crippen molar-refractivity contribution in [3.8, 4) is 11.5 Å². The van der Waals surface area contributed by atoms with Gasteiger partial charge in [0.05, 0.1) is 14.2 Å². The average molecular weight is 413 g/mol. The summed E-state index contributed by atoms with van der Waals surface area (Å²) in [6.07, 6.45) is 2.17. The highest BCUT2D eigenvalue weighted by molar-refractivity contribution is 5.76. The molecule has 1 amide bonds. The van der Waals surface area contributed by atoms with Gasteiger partial charge in [-0.2, -0.15) is 0 Å². The van der Waals surface area contributed by atoms with E-state index in [0.29, 0.717) is 32.5 Å². The van der Waals surface area contributed by atoms with Gasteiger partial charge in [0.25, 0.3) is 0 Å². The summed E-state index contributed by atoms with van der Waals surface area (Å²) in [4.78, 5) is 14.6. The maximum atomic E-state index is 12.7. The standard InChI is InChI=1S/C24H32N2O4/c1-29-21-14-19(15-22(16-21)30-2)8-9-23(27)26-12-10-20(11-13-26)24(28)25-17-18-6-4-3-5-7-18/h3-7,14-16,20,24-25,28H,8-13,17H2,1-2H3/t24-/m1/s1. The first kappa shape index (κ1) is 22.1. The molecule has 2 aromatic carbocycles. The summed E-state index contributed by atoms with van der Waals surface area (Å²) >= 11 is 0. The highest BCUT2D eigenvalue weighted by Crippen LogP contribution is 2.24. The molecule has 1 heterocycles. The van der Waals surface area contributed by atoms with E-state index in [4.69, 9.17) is 9.47 Å². The normalized spacial score (nSPS) is 15.6. The van der Waals surface area contributed by atoms with Crippen LogP contribution in [0.5, 0.6) is 11.5 Å². The third-order valence-electron chi connectivity index (χ3n) is 5.74. The molecule has 0 saturated carbocycles. The number of hydrogen-bond donors (Lipinski definition) is 2.